The van der Waals surface area contributed by atoms with Crippen LogP contribution in [0.1, 0.15) is 26.0 Å². The molecule has 0 bridgehead atoms. The Morgan fingerprint density at radius 2 is 0.913 bits per heavy atom. The largest absolute Gasteiger partial charge is 2.00 e. The number of benzene rings is 2. The van der Waals surface area contributed by atoms with Crippen LogP contribution in [0.15, 0.2) is 48.5 Å². The summed E-state index contributed by atoms with van der Waals surface area (Å²) in [4.78, 5) is 1.32. The van der Waals surface area contributed by atoms with E-state index in [1.165, 1.54) is 0 Å². The van der Waals surface area contributed by atoms with Crippen LogP contribution in [0, 0.1) is 0 Å². The Morgan fingerprint density at radius 3 is 1.13 bits per heavy atom. The number of hydrogen-bond acceptors (Lipinski definition) is 4. The Morgan fingerprint density at radius 1 is 0.652 bits per heavy atom. The molecule has 2 aromatic rings. The van der Waals surface area contributed by atoms with Crippen LogP contribution in [0.2, 0.25) is 0 Å². The molecule has 0 atom stereocenters. The van der Waals surface area contributed by atoms with Gasteiger partial charge in [0.15, 0.2) is 0 Å². The van der Waals surface area contributed by atoms with E-state index in [0.29, 0.717) is 9.81 Å². The second-order valence-electron chi connectivity index (χ2n) is 4.12. The molecule has 0 amide bonds. The number of ether oxygens (including phenoxy) is 2. The van der Waals surface area contributed by atoms with Gasteiger partial charge in [-0.05, 0) is 35.4 Å². The van der Waals surface area contributed by atoms with Gasteiger partial charge in [-0.3, -0.25) is 0 Å². The van der Waals surface area contributed by atoms with E-state index in [9.17, 15) is 0 Å². The first-order valence-electron chi connectivity index (χ1n) is 6.03. The van der Waals surface area contributed by atoms with E-state index >= 15 is 0 Å². The van der Waals surface area contributed by atoms with E-state index in [1.807, 2.05) is 48.5 Å². The SMILES string of the molecule is C.C.COc1ccc(/C([S-])=C(/[S-])c2ccc(OC)cc2)cc1.[Sn+2]. The molecule has 0 aliphatic carbocycles. The first-order chi connectivity index (χ1) is 9.65. The summed E-state index contributed by atoms with van der Waals surface area (Å²) in [5.41, 5.74) is 1.84. The summed E-state index contributed by atoms with van der Waals surface area (Å²) in [6.07, 6.45) is 0. The minimum absolute atomic E-state index is 0. The molecule has 0 fully saturated rings. The zero-order valence-corrected chi connectivity index (χ0v) is 16.2. The van der Waals surface area contributed by atoms with Crippen molar-refractivity contribution in [2.45, 2.75) is 14.9 Å². The number of methoxy groups -OCH3 is 2. The van der Waals surface area contributed by atoms with Crippen LogP contribution in [0.3, 0.4) is 0 Å². The van der Waals surface area contributed by atoms with E-state index in [1.54, 1.807) is 14.2 Å². The maximum atomic E-state index is 5.45. The van der Waals surface area contributed by atoms with Gasteiger partial charge in [0, 0.05) is 0 Å². The average Bonchev–Trinajstić information content (AvgIpc) is 2.53. The molecule has 23 heavy (non-hydrogen) atoms. The van der Waals surface area contributed by atoms with Crippen molar-refractivity contribution in [2.75, 3.05) is 14.2 Å². The molecule has 0 heterocycles. The molecule has 0 saturated heterocycles. The maximum Gasteiger partial charge on any atom is 2.00 e. The molecule has 0 unspecified atom stereocenters. The van der Waals surface area contributed by atoms with Crippen LogP contribution in [0.5, 0.6) is 11.5 Å². The van der Waals surface area contributed by atoms with Crippen molar-refractivity contribution < 1.29 is 9.47 Å². The summed E-state index contributed by atoms with van der Waals surface area (Å²) in [6.45, 7) is 0. The Balaban J connectivity index is 0. The van der Waals surface area contributed by atoms with Gasteiger partial charge in [0.25, 0.3) is 0 Å². The van der Waals surface area contributed by atoms with Gasteiger partial charge in [0.1, 0.15) is 11.5 Å². The predicted molar refractivity (Wildman–Crippen MR) is 107 cm³/mol. The van der Waals surface area contributed by atoms with Crippen molar-refractivity contribution >= 4 is 59.0 Å². The van der Waals surface area contributed by atoms with Gasteiger partial charge in [-0.1, -0.05) is 39.1 Å². The van der Waals surface area contributed by atoms with Gasteiger partial charge in [0.05, 0.1) is 14.2 Å². The Kier molecular flexibility index (Phi) is 12.2. The minimum atomic E-state index is 0. The predicted octanol–water partition coefficient (Wildman–Crippen LogP) is 4.51. The van der Waals surface area contributed by atoms with Gasteiger partial charge >= 0.3 is 23.9 Å². The summed E-state index contributed by atoms with van der Waals surface area (Å²) in [5, 5.41) is 0. The molecule has 2 rings (SSSR count). The fraction of sp³-hybridized carbons (Fsp3) is 0.222. The number of rotatable bonds is 4. The van der Waals surface area contributed by atoms with Crippen LogP contribution < -0.4 is 9.47 Å². The molecule has 0 aliphatic rings. The monoisotopic (exact) mass is 454 g/mol. The van der Waals surface area contributed by atoms with Crippen molar-refractivity contribution in [1.82, 2.24) is 0 Å². The third-order valence-electron chi connectivity index (χ3n) is 2.91. The van der Waals surface area contributed by atoms with Crippen LogP contribution in [0.4, 0.5) is 0 Å². The Bertz CT molecular complexity index is 552. The fourth-order valence-corrected chi connectivity index (χ4v) is 2.25. The van der Waals surface area contributed by atoms with Crippen molar-refractivity contribution in [2.24, 2.45) is 0 Å². The maximum absolute atomic E-state index is 5.45. The topological polar surface area (TPSA) is 18.5 Å². The molecular weight excluding hydrogens is 431 g/mol. The van der Waals surface area contributed by atoms with Crippen molar-refractivity contribution in [1.29, 1.82) is 0 Å². The molecule has 0 spiro atoms. The second kappa shape index (κ2) is 11.5. The minimum Gasteiger partial charge on any atom is -0.781 e. The Labute approximate surface area is 168 Å². The summed E-state index contributed by atoms with van der Waals surface area (Å²) in [6, 6.07) is 15.1. The molecule has 0 aliphatic heterocycles. The van der Waals surface area contributed by atoms with Crippen molar-refractivity contribution in [3.8, 4) is 11.5 Å². The smallest absolute Gasteiger partial charge is 0.781 e. The van der Waals surface area contributed by atoms with E-state index in [2.05, 4.69) is 0 Å². The molecule has 0 aromatic heterocycles. The zero-order chi connectivity index (χ0) is 14.5. The third-order valence-corrected chi connectivity index (χ3v) is 3.92. The standard InChI is InChI=1S/C16H16O2S2.2CH4.Sn/c1-17-13-7-3-11(4-8-13)15(19)16(20)12-5-9-14(18-2)10-6-12;;;/h3-10,19-20H,1-2H3;2*1H4;/q;;;+2/p-2/b16-15-;;;. The van der Waals surface area contributed by atoms with Crippen LogP contribution in [0.25, 0.3) is 9.81 Å². The summed E-state index contributed by atoms with van der Waals surface area (Å²) >= 11 is 10.9. The average molecular weight is 453 g/mol. The van der Waals surface area contributed by atoms with Crippen LogP contribution in [-0.2, 0) is 25.3 Å². The molecular formula is C18H22O2S2Sn. The molecule has 2 radical (unpaired) electrons. The van der Waals surface area contributed by atoms with E-state index in [4.69, 9.17) is 34.7 Å². The summed E-state index contributed by atoms with van der Waals surface area (Å²) in [5.74, 6) is 1.60. The second-order valence-corrected chi connectivity index (χ2v) is 4.93. The number of hydrogen-bond donors (Lipinski definition) is 0. The molecule has 2 nitrogen and oxygen atoms in total. The quantitative estimate of drug-likeness (QED) is 0.385. The fourth-order valence-electron chi connectivity index (χ4n) is 1.75. The van der Waals surface area contributed by atoms with Gasteiger partial charge in [0.2, 0.25) is 0 Å². The van der Waals surface area contributed by atoms with Crippen molar-refractivity contribution in [3.63, 3.8) is 0 Å². The summed E-state index contributed by atoms with van der Waals surface area (Å²) in [7, 11) is 3.27. The van der Waals surface area contributed by atoms with E-state index in [-0.39, 0.29) is 38.8 Å². The Hall–Kier alpha value is -0.981. The molecule has 2 aromatic carbocycles. The molecule has 5 heteroatoms. The molecule has 0 N–H and O–H groups in total. The van der Waals surface area contributed by atoms with E-state index < -0.39 is 0 Å². The van der Waals surface area contributed by atoms with Gasteiger partial charge < -0.3 is 34.7 Å². The van der Waals surface area contributed by atoms with Crippen LogP contribution in [-0.4, -0.2) is 38.1 Å². The normalized spacial score (nSPS) is 10.2. The van der Waals surface area contributed by atoms with Gasteiger partial charge in [-0.15, -0.1) is 0 Å². The van der Waals surface area contributed by atoms with Crippen LogP contribution >= 0.6 is 0 Å². The first-order valence-corrected chi connectivity index (χ1v) is 6.84. The van der Waals surface area contributed by atoms with E-state index in [0.717, 1.165) is 22.6 Å². The van der Waals surface area contributed by atoms with Gasteiger partial charge in [-0.2, -0.15) is 9.81 Å². The molecule has 122 valence electrons. The van der Waals surface area contributed by atoms with Crippen molar-refractivity contribution in [3.05, 3.63) is 59.7 Å². The zero-order valence-electron chi connectivity index (χ0n) is 11.8. The summed E-state index contributed by atoms with van der Waals surface area (Å²) < 4.78 is 10.3. The first kappa shape index (κ1) is 24.3. The van der Waals surface area contributed by atoms with Gasteiger partial charge in [-0.25, -0.2) is 0 Å². The molecule has 0 saturated carbocycles. The third kappa shape index (κ3) is 6.20.